The average molecular weight is 365 g/mol. The van der Waals surface area contributed by atoms with Crippen molar-refractivity contribution in [2.24, 2.45) is 0 Å². The zero-order chi connectivity index (χ0) is 18.9. The molecule has 1 fully saturated rings. The Morgan fingerprint density at radius 2 is 1.89 bits per heavy atom. The van der Waals surface area contributed by atoms with Gasteiger partial charge in [-0.3, -0.25) is 9.69 Å². The highest BCUT2D eigenvalue weighted by Gasteiger charge is 2.39. The summed E-state index contributed by atoms with van der Waals surface area (Å²) in [6.07, 6.45) is 4.14. The Balaban J connectivity index is 1.37. The molecule has 0 atom stereocenters. The molecule has 5 nitrogen and oxygen atoms in total. The number of nitrogens with two attached hydrogens (primary N) is 1. The second-order valence-corrected chi connectivity index (χ2v) is 7.81. The van der Waals surface area contributed by atoms with Crippen molar-refractivity contribution in [3.63, 3.8) is 0 Å². The van der Waals surface area contributed by atoms with Gasteiger partial charge in [0.1, 0.15) is 11.4 Å². The van der Waals surface area contributed by atoms with E-state index in [9.17, 15) is 4.79 Å². The Bertz CT molecular complexity index is 824. The zero-order valence-corrected chi connectivity index (χ0v) is 15.8. The van der Waals surface area contributed by atoms with Crippen molar-refractivity contribution in [3.05, 3.63) is 53.6 Å². The zero-order valence-electron chi connectivity index (χ0n) is 15.8. The van der Waals surface area contributed by atoms with Crippen LogP contribution >= 0.6 is 0 Å². The molecule has 0 aliphatic carbocycles. The number of rotatable bonds is 3. The molecule has 1 amide bonds. The van der Waals surface area contributed by atoms with Gasteiger partial charge in [-0.25, -0.2) is 0 Å². The first-order chi connectivity index (χ1) is 13.0. The summed E-state index contributed by atoms with van der Waals surface area (Å²) in [7, 11) is 0. The van der Waals surface area contributed by atoms with Crippen LogP contribution in [0.1, 0.15) is 37.3 Å². The number of hydrogen-bond donors (Lipinski definition) is 2. The normalized spacial score (nSPS) is 18.6. The molecule has 142 valence electrons. The molecule has 0 radical (unpaired) electrons. The number of aryl methyl sites for hydroxylation is 1. The fraction of sp³-hybridized carbons (Fsp3) is 0.409. The van der Waals surface area contributed by atoms with E-state index in [1.54, 1.807) is 0 Å². The summed E-state index contributed by atoms with van der Waals surface area (Å²) < 4.78 is 6.48. The number of benzene rings is 2. The van der Waals surface area contributed by atoms with Gasteiger partial charge in [-0.2, -0.15) is 0 Å². The van der Waals surface area contributed by atoms with Crippen LogP contribution in [0.15, 0.2) is 42.5 Å². The third-order valence-electron chi connectivity index (χ3n) is 5.71. The van der Waals surface area contributed by atoms with Crippen LogP contribution in [0.3, 0.4) is 0 Å². The minimum Gasteiger partial charge on any atom is -0.487 e. The van der Waals surface area contributed by atoms with E-state index in [1.165, 1.54) is 18.1 Å². The molecule has 2 aliphatic rings. The molecule has 2 aromatic carbocycles. The van der Waals surface area contributed by atoms with Gasteiger partial charge >= 0.3 is 0 Å². The fourth-order valence-corrected chi connectivity index (χ4v) is 4.15. The van der Waals surface area contributed by atoms with Gasteiger partial charge in [0.15, 0.2) is 0 Å². The number of fused-ring (bicyclic) bond motifs is 1. The van der Waals surface area contributed by atoms with E-state index in [-0.39, 0.29) is 11.5 Å². The Morgan fingerprint density at radius 1 is 1.15 bits per heavy atom. The van der Waals surface area contributed by atoms with Crippen LogP contribution in [0.5, 0.6) is 5.75 Å². The van der Waals surface area contributed by atoms with Gasteiger partial charge in [-0.1, -0.05) is 12.1 Å². The van der Waals surface area contributed by atoms with Gasteiger partial charge in [0.05, 0.1) is 0 Å². The minimum atomic E-state index is -0.0448. The van der Waals surface area contributed by atoms with Crippen LogP contribution in [0.2, 0.25) is 0 Å². The highest BCUT2D eigenvalue weighted by atomic mass is 16.5. The number of ether oxygens (including phenoxy) is 1. The lowest BCUT2D eigenvalue weighted by Crippen LogP contribution is -2.49. The molecule has 0 aromatic heterocycles. The summed E-state index contributed by atoms with van der Waals surface area (Å²) in [6.45, 7) is 4.59. The molecule has 2 aliphatic heterocycles. The van der Waals surface area contributed by atoms with Gasteiger partial charge in [-0.15, -0.1) is 0 Å². The topological polar surface area (TPSA) is 67.6 Å². The summed E-state index contributed by atoms with van der Waals surface area (Å²) >= 11 is 0. The molecule has 1 saturated heterocycles. The van der Waals surface area contributed by atoms with E-state index in [0.717, 1.165) is 62.4 Å². The maximum atomic E-state index is 11.2. The van der Waals surface area contributed by atoms with Crippen molar-refractivity contribution in [3.8, 4) is 5.75 Å². The van der Waals surface area contributed by atoms with Crippen LogP contribution in [-0.2, 0) is 17.8 Å². The number of likely N-dealkylation sites (tertiary alicyclic amines) is 1. The van der Waals surface area contributed by atoms with Gasteiger partial charge < -0.3 is 15.8 Å². The maximum absolute atomic E-state index is 11.2. The van der Waals surface area contributed by atoms with Crippen LogP contribution in [-0.4, -0.2) is 29.5 Å². The third-order valence-corrected chi connectivity index (χ3v) is 5.71. The number of anilines is 2. The van der Waals surface area contributed by atoms with Gasteiger partial charge in [0.2, 0.25) is 5.91 Å². The molecular formula is C22H27N3O2. The number of nitrogens with one attached hydrogen (secondary N) is 1. The summed E-state index contributed by atoms with van der Waals surface area (Å²) in [6, 6.07) is 14.1. The van der Waals surface area contributed by atoms with Crippen LogP contribution in [0.4, 0.5) is 11.4 Å². The van der Waals surface area contributed by atoms with Crippen LogP contribution in [0, 0.1) is 0 Å². The first kappa shape index (κ1) is 17.9. The largest absolute Gasteiger partial charge is 0.487 e. The highest BCUT2D eigenvalue weighted by molar-refractivity contribution is 5.88. The van der Waals surface area contributed by atoms with Crippen LogP contribution < -0.4 is 15.8 Å². The molecule has 0 unspecified atom stereocenters. The monoisotopic (exact) mass is 365 g/mol. The summed E-state index contributed by atoms with van der Waals surface area (Å²) in [5, 5.41) is 2.85. The number of nitrogen functional groups attached to an aromatic ring is 1. The molecule has 0 saturated carbocycles. The number of carbonyl (C=O) groups is 1. The fourth-order valence-electron chi connectivity index (χ4n) is 4.15. The molecule has 2 heterocycles. The molecule has 5 heteroatoms. The summed E-state index contributed by atoms with van der Waals surface area (Å²) in [5.74, 6) is 0.930. The quantitative estimate of drug-likeness (QED) is 0.816. The van der Waals surface area contributed by atoms with Gasteiger partial charge in [0.25, 0.3) is 0 Å². The Morgan fingerprint density at radius 3 is 2.59 bits per heavy atom. The molecule has 2 aromatic rings. The van der Waals surface area contributed by atoms with Gasteiger partial charge in [0, 0.05) is 37.9 Å². The van der Waals surface area contributed by atoms with E-state index < -0.39 is 0 Å². The van der Waals surface area contributed by atoms with Gasteiger partial charge in [-0.05, 0) is 67.1 Å². The highest BCUT2D eigenvalue weighted by Crippen LogP contribution is 2.40. The Hall–Kier alpha value is -2.53. The van der Waals surface area contributed by atoms with Crippen molar-refractivity contribution < 1.29 is 9.53 Å². The van der Waals surface area contributed by atoms with E-state index >= 15 is 0 Å². The van der Waals surface area contributed by atoms with Crippen molar-refractivity contribution in [2.75, 3.05) is 24.1 Å². The lowest BCUT2D eigenvalue weighted by atomic mass is 9.83. The maximum Gasteiger partial charge on any atom is 0.221 e. The van der Waals surface area contributed by atoms with Crippen molar-refractivity contribution in [1.82, 2.24) is 4.90 Å². The third kappa shape index (κ3) is 4.08. The number of amides is 1. The molecule has 1 spiro atoms. The second-order valence-electron chi connectivity index (χ2n) is 7.81. The second kappa shape index (κ2) is 7.24. The number of nitrogens with zero attached hydrogens (tertiary/aromatic N) is 1. The molecule has 4 rings (SSSR count). The Kier molecular flexibility index (Phi) is 4.79. The molecule has 27 heavy (non-hydrogen) atoms. The predicted octanol–water partition coefficient (Wildman–Crippen LogP) is 3.59. The van der Waals surface area contributed by atoms with E-state index in [1.807, 2.05) is 30.3 Å². The van der Waals surface area contributed by atoms with E-state index in [2.05, 4.69) is 22.3 Å². The summed E-state index contributed by atoms with van der Waals surface area (Å²) in [4.78, 5) is 13.7. The average Bonchev–Trinajstić information content (AvgIpc) is 2.65. The van der Waals surface area contributed by atoms with Crippen molar-refractivity contribution >= 4 is 17.3 Å². The standard InChI is InChI=1S/C22H27N3O2/c1-16(26)24-20-6-7-21-18(14-20)8-9-22(27-21)10-12-25(13-11-22)15-17-2-4-19(23)5-3-17/h2-7,14H,8-13,15,23H2,1H3,(H,24,26). The number of piperidine rings is 1. The molecule has 0 bridgehead atoms. The SMILES string of the molecule is CC(=O)Nc1ccc2c(c1)CCC1(CCN(Cc3ccc(N)cc3)CC1)O2. The van der Waals surface area contributed by atoms with E-state index in [4.69, 9.17) is 10.5 Å². The van der Waals surface area contributed by atoms with Crippen molar-refractivity contribution in [2.45, 2.75) is 44.8 Å². The lowest BCUT2D eigenvalue weighted by Gasteiger charge is -2.44. The predicted molar refractivity (Wildman–Crippen MR) is 108 cm³/mol. The first-order valence-electron chi connectivity index (χ1n) is 9.68. The number of hydrogen-bond acceptors (Lipinski definition) is 4. The van der Waals surface area contributed by atoms with Crippen molar-refractivity contribution in [1.29, 1.82) is 0 Å². The molecular weight excluding hydrogens is 338 g/mol. The lowest BCUT2D eigenvalue weighted by molar-refractivity contribution is -0.114. The molecule has 3 N–H and O–H groups in total. The summed E-state index contributed by atoms with van der Waals surface area (Å²) in [5.41, 5.74) is 9.89. The minimum absolute atomic E-state index is 0.0415. The smallest absolute Gasteiger partial charge is 0.221 e. The van der Waals surface area contributed by atoms with E-state index in [0.29, 0.717) is 0 Å². The number of carbonyl (C=O) groups excluding carboxylic acids is 1. The Labute approximate surface area is 160 Å². The van der Waals surface area contributed by atoms with Crippen LogP contribution in [0.25, 0.3) is 0 Å². The first-order valence-corrected chi connectivity index (χ1v) is 9.68.